The van der Waals surface area contributed by atoms with Crippen molar-refractivity contribution in [2.75, 3.05) is 91.6 Å². The van der Waals surface area contributed by atoms with Crippen molar-refractivity contribution in [2.24, 2.45) is 35.0 Å². The maximum atomic E-state index is 10.4. The molecule has 0 aromatic rings. The van der Waals surface area contributed by atoms with E-state index in [2.05, 4.69) is 141 Å². The van der Waals surface area contributed by atoms with Crippen LogP contribution in [0.3, 0.4) is 0 Å². The van der Waals surface area contributed by atoms with Crippen molar-refractivity contribution >= 4 is 7.82 Å². The Balaban J connectivity index is 0.000000388. The minimum Gasteiger partial charge on any atom is -0.390 e. The first-order chi connectivity index (χ1) is 30.6. The van der Waals surface area contributed by atoms with Gasteiger partial charge in [-0.05, 0) is 135 Å². The zero-order valence-corrected chi connectivity index (χ0v) is 45.2. The van der Waals surface area contributed by atoms with Crippen molar-refractivity contribution in [1.82, 2.24) is 34.3 Å². The first-order valence-corrected chi connectivity index (χ1v) is 26.8. The van der Waals surface area contributed by atoms with Crippen LogP contribution in [0.5, 0.6) is 0 Å². The molecule has 18 heteroatoms. The second-order valence-electron chi connectivity index (χ2n) is 21.6. The molecule has 0 aromatic carbocycles. The van der Waals surface area contributed by atoms with Gasteiger partial charge in [0.05, 0.1) is 36.2 Å². The molecule has 0 spiro atoms. The normalized spacial score (nSPS) is 27.1. The van der Waals surface area contributed by atoms with Gasteiger partial charge in [-0.25, -0.2) is 4.57 Å². The number of aliphatic hydroxyl groups is 1. The van der Waals surface area contributed by atoms with E-state index in [-0.39, 0.29) is 30.1 Å². The van der Waals surface area contributed by atoms with E-state index in [4.69, 9.17) is 42.6 Å². The number of nitrogens with two attached hydrogens (primary N) is 3. The lowest BCUT2D eigenvalue weighted by Crippen LogP contribution is -2.57. The number of rotatable bonds is 9. The molecule has 0 aliphatic carbocycles. The number of hydrogen-bond acceptors (Lipinski definition) is 15. The molecule has 0 radical (unpaired) electrons. The maximum Gasteiger partial charge on any atom is 0.469 e. The Bertz CT molecular complexity index is 1360. The standard InChI is InChI=1S/C9H16N2.C8H15N3.C7H16N2.C6H14N2.C6H14NO4P.C6H13NO.C6H13N/c1-7(2)11-5-8(3)9(4-10)6-11;1-6(2)11-4-7(3-9)8(10)5-11;1-6(2)9-4-3-7(8)5-9;1-5(2)8-3-6(7)4-8;1-5(2)7-3-6(4-7)11-12(8,9)10;1-5(2)7-3-6(8)4-7;1-6(2)7-4-3-5-7/h7-9H,5-6H2,1-3H3;6-8H,4-5,10H2,1-2H3;6-7H,3-5,8H2,1-2H3;5-6H,3-4,7H2,1-2H3;5-6H,3-4H2,1-2H3,(H2,8,9,10);5-6,8H,3-4H2,1-2H3;6H,3-5H2,1-2H3. The second-order valence-corrected chi connectivity index (χ2v) is 22.8. The van der Waals surface area contributed by atoms with Crippen molar-refractivity contribution in [1.29, 1.82) is 10.5 Å². The summed E-state index contributed by atoms with van der Waals surface area (Å²) in [6.07, 6.45) is 2.25. The molecule has 9 N–H and O–H groups in total. The van der Waals surface area contributed by atoms with Gasteiger partial charge in [0.15, 0.2) is 0 Å². The van der Waals surface area contributed by atoms with Gasteiger partial charge in [0, 0.05) is 132 Å². The van der Waals surface area contributed by atoms with Crippen LogP contribution in [0.1, 0.15) is 117 Å². The van der Waals surface area contributed by atoms with Gasteiger partial charge < -0.3 is 37.0 Å². The largest absolute Gasteiger partial charge is 0.469 e. The smallest absolute Gasteiger partial charge is 0.390 e. The van der Waals surface area contributed by atoms with Crippen molar-refractivity contribution in [3.63, 3.8) is 0 Å². The van der Waals surface area contributed by atoms with Crippen LogP contribution in [0.25, 0.3) is 0 Å². The van der Waals surface area contributed by atoms with Gasteiger partial charge in [-0.2, -0.15) is 10.5 Å². The van der Waals surface area contributed by atoms with E-state index < -0.39 is 7.82 Å². The van der Waals surface area contributed by atoms with Crippen LogP contribution in [0.15, 0.2) is 0 Å². The number of phosphoric acid groups is 1. The van der Waals surface area contributed by atoms with Crippen LogP contribution in [-0.4, -0.2) is 213 Å². The Labute approximate surface area is 403 Å². The second kappa shape index (κ2) is 31.1. The fraction of sp³-hybridized carbons (Fsp3) is 0.958. The SMILES string of the molecule is CC(C)N1CC(N)C(C#N)C1.CC(C)N1CC(N)C1.CC(C)N1CC(O)C1.CC(C)N1CC(OP(=O)(O)O)C1.CC(C)N1CCC(N)C1.CC(C)N1CCC1.CC1CN(C(C)C)CC1C#N. The summed E-state index contributed by atoms with van der Waals surface area (Å²) in [7, 11) is -4.27. The molecule has 66 heavy (non-hydrogen) atoms. The molecule has 7 fully saturated rings. The summed E-state index contributed by atoms with van der Waals surface area (Å²) in [6.45, 7) is 46.4. The topological polar surface area (TPSA) is 235 Å². The van der Waals surface area contributed by atoms with Crippen molar-refractivity contribution in [3.05, 3.63) is 0 Å². The van der Waals surface area contributed by atoms with Gasteiger partial charge in [-0.1, -0.05) is 6.92 Å². The predicted octanol–water partition coefficient (Wildman–Crippen LogP) is 3.49. The highest BCUT2D eigenvalue weighted by molar-refractivity contribution is 7.46. The first kappa shape index (κ1) is 62.7. The van der Waals surface area contributed by atoms with Crippen LogP contribution in [0, 0.1) is 40.4 Å². The molecule has 0 bridgehead atoms. The van der Waals surface area contributed by atoms with Gasteiger partial charge >= 0.3 is 7.82 Å². The Morgan fingerprint density at radius 1 is 0.515 bits per heavy atom. The van der Waals surface area contributed by atoms with E-state index >= 15 is 0 Å². The van der Waals surface area contributed by atoms with Crippen molar-refractivity contribution in [3.8, 4) is 12.1 Å². The average molecular weight is 957 g/mol. The molecule has 7 rings (SSSR count). The van der Waals surface area contributed by atoms with Crippen LogP contribution in [0.4, 0.5) is 0 Å². The fourth-order valence-corrected chi connectivity index (χ4v) is 8.71. The third-order valence-corrected chi connectivity index (χ3v) is 14.2. The molecule has 7 saturated heterocycles. The van der Waals surface area contributed by atoms with Crippen molar-refractivity contribution in [2.45, 2.75) is 189 Å². The summed E-state index contributed by atoms with van der Waals surface area (Å²) in [5.74, 6) is 0.859. The molecule has 0 aromatic heterocycles. The minimum absolute atomic E-state index is 0.0393. The van der Waals surface area contributed by atoms with E-state index in [0.29, 0.717) is 67.3 Å². The molecule has 0 amide bonds. The summed E-state index contributed by atoms with van der Waals surface area (Å²) in [5.41, 5.74) is 17.0. The summed E-state index contributed by atoms with van der Waals surface area (Å²) in [5, 5.41) is 26.3. The van der Waals surface area contributed by atoms with Gasteiger partial charge in [0.25, 0.3) is 0 Å². The Morgan fingerprint density at radius 3 is 1.11 bits per heavy atom. The zero-order valence-electron chi connectivity index (χ0n) is 44.3. The van der Waals surface area contributed by atoms with E-state index in [1.807, 2.05) is 13.8 Å². The number of nitrogens with zero attached hydrogens (tertiary/aromatic N) is 9. The molecule has 7 aliphatic rings. The van der Waals surface area contributed by atoms with E-state index in [9.17, 15) is 4.57 Å². The molecule has 17 nitrogen and oxygen atoms in total. The molecule has 0 saturated carbocycles. The third kappa shape index (κ3) is 24.5. The molecular weight excluding hydrogens is 856 g/mol. The van der Waals surface area contributed by atoms with Gasteiger partial charge in [0.1, 0.15) is 0 Å². The highest BCUT2D eigenvalue weighted by Gasteiger charge is 2.35. The number of β-amino-alcohol motifs (C(OH)–C–C–N with tert-alkyl or cyclic N) is 1. The van der Waals surface area contributed by atoms with Crippen LogP contribution in [0.2, 0.25) is 0 Å². The monoisotopic (exact) mass is 957 g/mol. The summed E-state index contributed by atoms with van der Waals surface area (Å²) >= 11 is 0. The highest BCUT2D eigenvalue weighted by Crippen LogP contribution is 2.39. The predicted molar refractivity (Wildman–Crippen MR) is 270 cm³/mol. The number of likely N-dealkylation sites (tertiary alicyclic amines) is 7. The quantitative estimate of drug-likeness (QED) is 0.182. The maximum absolute atomic E-state index is 10.4. The van der Waals surface area contributed by atoms with Gasteiger partial charge in [-0.3, -0.25) is 33.9 Å². The number of hydrogen-bond donors (Lipinski definition) is 6. The lowest BCUT2D eigenvalue weighted by molar-refractivity contribution is -0.0161. The third-order valence-electron chi connectivity index (χ3n) is 13.6. The Morgan fingerprint density at radius 2 is 0.894 bits per heavy atom. The lowest BCUT2D eigenvalue weighted by atomic mass is 10.0. The lowest BCUT2D eigenvalue weighted by Gasteiger charge is -2.41. The molecule has 7 aliphatic heterocycles. The van der Waals surface area contributed by atoms with E-state index in [1.54, 1.807) is 0 Å². The molecule has 5 unspecified atom stereocenters. The fourth-order valence-electron chi connectivity index (χ4n) is 8.19. The highest BCUT2D eigenvalue weighted by atomic mass is 31.2. The van der Waals surface area contributed by atoms with E-state index in [0.717, 1.165) is 64.9 Å². The first-order valence-electron chi connectivity index (χ1n) is 25.2. The van der Waals surface area contributed by atoms with Crippen molar-refractivity contribution < 1.29 is 24.0 Å². The zero-order chi connectivity index (χ0) is 50.6. The average Bonchev–Trinajstić information content (AvgIpc) is 3.88. The molecule has 388 valence electrons. The Hall–Kier alpha value is -1.35. The van der Waals surface area contributed by atoms with Gasteiger partial charge in [-0.15, -0.1) is 0 Å². The van der Waals surface area contributed by atoms with Crippen LogP contribution in [-0.2, 0) is 9.09 Å². The summed E-state index contributed by atoms with van der Waals surface area (Å²) in [6, 6.07) is 9.83. The molecule has 5 atom stereocenters. The van der Waals surface area contributed by atoms with Crippen LogP contribution < -0.4 is 17.2 Å². The number of nitriles is 2. The summed E-state index contributed by atoms with van der Waals surface area (Å²) < 4.78 is 14.8. The number of aliphatic hydroxyl groups excluding tert-OH is 1. The minimum atomic E-state index is -4.27. The summed E-state index contributed by atoms with van der Waals surface area (Å²) in [4.78, 5) is 33.1. The van der Waals surface area contributed by atoms with Gasteiger partial charge in [0.2, 0.25) is 0 Å². The van der Waals surface area contributed by atoms with Crippen LogP contribution >= 0.6 is 7.82 Å². The molecular formula is C48H101N12O5P. The Kier molecular flexibility index (Phi) is 29.5. The number of phosphoric ester groups is 1. The molecule has 7 heterocycles. The van der Waals surface area contributed by atoms with E-state index in [1.165, 1.54) is 32.5 Å².